The molecule has 1 aliphatic rings. The molecule has 0 aromatic rings. The molecule has 0 spiro atoms. The van der Waals surface area contributed by atoms with E-state index in [2.05, 4.69) is 19.2 Å². The summed E-state index contributed by atoms with van der Waals surface area (Å²) in [5.74, 6) is 1.66. The van der Waals surface area contributed by atoms with Crippen molar-refractivity contribution < 1.29 is 0 Å². The molecule has 2 atom stereocenters. The Morgan fingerprint density at radius 1 is 1.46 bits per heavy atom. The number of hydrogen-bond acceptors (Lipinski definition) is 2. The minimum atomic E-state index is 0.462. The van der Waals surface area contributed by atoms with E-state index in [1.165, 1.54) is 19.3 Å². The number of nitrogens with two attached hydrogens (primary N) is 1. The molecule has 0 aromatic heterocycles. The largest absolute Gasteiger partial charge is 0.327 e. The first-order valence-electron chi connectivity index (χ1n) is 5.70. The second kappa shape index (κ2) is 5.61. The van der Waals surface area contributed by atoms with Crippen molar-refractivity contribution in [2.75, 3.05) is 13.1 Å². The van der Waals surface area contributed by atoms with E-state index < -0.39 is 0 Å². The summed E-state index contributed by atoms with van der Waals surface area (Å²) in [4.78, 5) is 0. The molecule has 2 heteroatoms. The van der Waals surface area contributed by atoms with Gasteiger partial charge in [0.15, 0.2) is 0 Å². The second-order valence-corrected chi connectivity index (χ2v) is 4.51. The molecule has 0 aliphatic heterocycles. The topological polar surface area (TPSA) is 38.0 Å². The van der Waals surface area contributed by atoms with Gasteiger partial charge in [-0.1, -0.05) is 20.3 Å². The lowest BCUT2D eigenvalue weighted by molar-refractivity contribution is 0.466. The van der Waals surface area contributed by atoms with Gasteiger partial charge in [-0.2, -0.15) is 0 Å². The zero-order valence-electron chi connectivity index (χ0n) is 9.05. The van der Waals surface area contributed by atoms with Crippen LogP contribution in [0, 0.1) is 11.8 Å². The number of nitrogens with one attached hydrogen (secondary N) is 1. The fourth-order valence-corrected chi connectivity index (χ4v) is 1.52. The van der Waals surface area contributed by atoms with E-state index >= 15 is 0 Å². The van der Waals surface area contributed by atoms with Crippen molar-refractivity contribution in [2.45, 2.75) is 45.6 Å². The Morgan fingerprint density at radius 3 is 2.69 bits per heavy atom. The quantitative estimate of drug-likeness (QED) is 0.592. The smallest absolute Gasteiger partial charge is 0.00792 e. The summed E-state index contributed by atoms with van der Waals surface area (Å²) in [6, 6.07) is 0.462. The lowest BCUT2D eigenvalue weighted by Gasteiger charge is -2.13. The highest BCUT2D eigenvalue weighted by molar-refractivity contribution is 4.84. The van der Waals surface area contributed by atoms with Gasteiger partial charge in [-0.05, 0) is 44.2 Å². The molecule has 78 valence electrons. The van der Waals surface area contributed by atoms with Gasteiger partial charge in [0, 0.05) is 6.04 Å². The van der Waals surface area contributed by atoms with Gasteiger partial charge >= 0.3 is 0 Å². The number of rotatable bonds is 7. The Hall–Kier alpha value is -0.0800. The third kappa shape index (κ3) is 4.63. The Kier molecular flexibility index (Phi) is 4.74. The van der Waals surface area contributed by atoms with Crippen LogP contribution in [0.3, 0.4) is 0 Å². The Bertz CT molecular complexity index is 132. The molecule has 1 fully saturated rings. The molecular weight excluding hydrogens is 160 g/mol. The molecule has 0 bridgehead atoms. The van der Waals surface area contributed by atoms with Crippen LogP contribution in [-0.2, 0) is 0 Å². The molecule has 2 unspecified atom stereocenters. The molecule has 3 N–H and O–H groups in total. The van der Waals surface area contributed by atoms with Crippen molar-refractivity contribution >= 4 is 0 Å². The van der Waals surface area contributed by atoms with Gasteiger partial charge in [-0.3, -0.25) is 0 Å². The summed E-state index contributed by atoms with van der Waals surface area (Å²) in [5, 5.41) is 3.47. The molecule has 0 aromatic carbocycles. The minimum Gasteiger partial charge on any atom is -0.327 e. The molecule has 1 saturated carbocycles. The van der Waals surface area contributed by atoms with Crippen LogP contribution in [0.5, 0.6) is 0 Å². The van der Waals surface area contributed by atoms with Crippen molar-refractivity contribution in [3.63, 3.8) is 0 Å². The summed E-state index contributed by atoms with van der Waals surface area (Å²) in [5.41, 5.74) is 5.99. The van der Waals surface area contributed by atoms with Crippen LogP contribution >= 0.6 is 0 Å². The SMILES string of the molecule is CCC(C)CNCCC(N)C1CC1. The molecule has 13 heavy (non-hydrogen) atoms. The van der Waals surface area contributed by atoms with Gasteiger partial charge in [0.05, 0.1) is 0 Å². The predicted octanol–water partition coefficient (Wildman–Crippen LogP) is 1.75. The summed E-state index contributed by atoms with van der Waals surface area (Å²) < 4.78 is 0. The van der Waals surface area contributed by atoms with E-state index in [1.807, 2.05) is 0 Å². The van der Waals surface area contributed by atoms with E-state index in [-0.39, 0.29) is 0 Å². The molecule has 0 amide bonds. The van der Waals surface area contributed by atoms with Crippen molar-refractivity contribution in [1.29, 1.82) is 0 Å². The predicted molar refractivity (Wildman–Crippen MR) is 57.6 cm³/mol. The first kappa shape index (κ1) is 11.0. The lowest BCUT2D eigenvalue weighted by Crippen LogP contribution is -2.30. The van der Waals surface area contributed by atoms with Crippen LogP contribution in [0.2, 0.25) is 0 Å². The summed E-state index contributed by atoms with van der Waals surface area (Å²) in [7, 11) is 0. The van der Waals surface area contributed by atoms with Gasteiger partial charge in [-0.15, -0.1) is 0 Å². The fraction of sp³-hybridized carbons (Fsp3) is 1.00. The third-order valence-electron chi connectivity index (χ3n) is 3.07. The standard InChI is InChI=1S/C11H24N2/c1-3-9(2)8-13-7-6-11(12)10-4-5-10/h9-11,13H,3-8,12H2,1-2H3. The van der Waals surface area contributed by atoms with Crippen LogP contribution in [0.15, 0.2) is 0 Å². The van der Waals surface area contributed by atoms with E-state index in [9.17, 15) is 0 Å². The zero-order chi connectivity index (χ0) is 9.68. The van der Waals surface area contributed by atoms with Crippen molar-refractivity contribution in [1.82, 2.24) is 5.32 Å². The van der Waals surface area contributed by atoms with Crippen molar-refractivity contribution in [2.24, 2.45) is 17.6 Å². The summed E-state index contributed by atoms with van der Waals surface area (Å²) in [6.45, 7) is 6.77. The Morgan fingerprint density at radius 2 is 2.15 bits per heavy atom. The van der Waals surface area contributed by atoms with Crippen molar-refractivity contribution in [3.8, 4) is 0 Å². The van der Waals surface area contributed by atoms with Gasteiger partial charge in [0.2, 0.25) is 0 Å². The van der Waals surface area contributed by atoms with Crippen molar-refractivity contribution in [3.05, 3.63) is 0 Å². The van der Waals surface area contributed by atoms with Crippen LogP contribution in [0.25, 0.3) is 0 Å². The van der Waals surface area contributed by atoms with Crippen LogP contribution in [-0.4, -0.2) is 19.1 Å². The zero-order valence-corrected chi connectivity index (χ0v) is 9.05. The fourth-order valence-electron chi connectivity index (χ4n) is 1.52. The molecule has 1 aliphatic carbocycles. The molecule has 0 saturated heterocycles. The average Bonchev–Trinajstić information content (AvgIpc) is 2.94. The molecular formula is C11H24N2. The number of hydrogen-bond donors (Lipinski definition) is 2. The first-order valence-corrected chi connectivity index (χ1v) is 5.70. The van der Waals surface area contributed by atoms with E-state index in [0.717, 1.165) is 31.3 Å². The maximum atomic E-state index is 5.99. The first-order chi connectivity index (χ1) is 6.24. The normalized spacial score (nSPS) is 21.5. The molecule has 2 nitrogen and oxygen atoms in total. The van der Waals surface area contributed by atoms with Crippen LogP contribution < -0.4 is 11.1 Å². The maximum Gasteiger partial charge on any atom is 0.00792 e. The maximum absolute atomic E-state index is 5.99. The lowest BCUT2D eigenvalue weighted by atomic mass is 10.1. The minimum absolute atomic E-state index is 0.462. The van der Waals surface area contributed by atoms with Gasteiger partial charge < -0.3 is 11.1 Å². The van der Waals surface area contributed by atoms with Gasteiger partial charge in [0.1, 0.15) is 0 Å². The Labute approximate surface area is 82.3 Å². The van der Waals surface area contributed by atoms with Gasteiger partial charge in [-0.25, -0.2) is 0 Å². The average molecular weight is 184 g/mol. The summed E-state index contributed by atoms with van der Waals surface area (Å²) in [6.07, 6.45) is 5.15. The second-order valence-electron chi connectivity index (χ2n) is 4.51. The molecule has 0 heterocycles. The highest BCUT2D eigenvalue weighted by Gasteiger charge is 2.27. The third-order valence-corrected chi connectivity index (χ3v) is 3.07. The van der Waals surface area contributed by atoms with Crippen LogP contribution in [0.1, 0.15) is 39.5 Å². The van der Waals surface area contributed by atoms with Gasteiger partial charge in [0.25, 0.3) is 0 Å². The van der Waals surface area contributed by atoms with Crippen LogP contribution in [0.4, 0.5) is 0 Å². The van der Waals surface area contributed by atoms with E-state index in [1.54, 1.807) is 0 Å². The van der Waals surface area contributed by atoms with E-state index in [0.29, 0.717) is 6.04 Å². The highest BCUT2D eigenvalue weighted by atomic mass is 14.9. The van der Waals surface area contributed by atoms with E-state index in [4.69, 9.17) is 5.73 Å². The molecule has 0 radical (unpaired) electrons. The highest BCUT2D eigenvalue weighted by Crippen LogP contribution is 2.32. The molecule has 1 rings (SSSR count). The monoisotopic (exact) mass is 184 g/mol. The Balaban J connectivity index is 1.88. The summed E-state index contributed by atoms with van der Waals surface area (Å²) >= 11 is 0.